The molecular formula is C12H12N6O2S. The Morgan fingerprint density at radius 1 is 1.43 bits per heavy atom. The molecule has 0 fully saturated rings. The summed E-state index contributed by atoms with van der Waals surface area (Å²) in [6, 6.07) is 0. The highest BCUT2D eigenvalue weighted by Crippen LogP contribution is 2.31. The highest BCUT2D eigenvalue weighted by molar-refractivity contribution is 7.18. The summed E-state index contributed by atoms with van der Waals surface area (Å²) in [6.45, 7) is 4.22. The van der Waals surface area contributed by atoms with Gasteiger partial charge in [0, 0.05) is 4.88 Å². The summed E-state index contributed by atoms with van der Waals surface area (Å²) in [7, 11) is 0. The van der Waals surface area contributed by atoms with E-state index in [1.165, 1.54) is 10.9 Å². The molecule has 0 amide bonds. The van der Waals surface area contributed by atoms with E-state index in [9.17, 15) is 4.79 Å². The minimum Gasteiger partial charge on any atom is -0.476 e. The van der Waals surface area contributed by atoms with Crippen molar-refractivity contribution in [3.8, 4) is 0 Å². The fraction of sp³-hybridized carbons (Fsp3) is 0.250. The number of nitrogen functional groups attached to an aromatic ring is 1. The Hall–Kier alpha value is -2.55. The van der Waals surface area contributed by atoms with Gasteiger partial charge in [0.1, 0.15) is 17.2 Å². The van der Waals surface area contributed by atoms with E-state index >= 15 is 0 Å². The third-order valence-corrected chi connectivity index (χ3v) is 4.27. The topological polar surface area (TPSA) is 120 Å². The van der Waals surface area contributed by atoms with E-state index in [2.05, 4.69) is 20.3 Å². The van der Waals surface area contributed by atoms with Gasteiger partial charge in [-0.2, -0.15) is 0 Å². The lowest BCUT2D eigenvalue weighted by Crippen LogP contribution is -2.07. The minimum absolute atomic E-state index is 0.119. The van der Waals surface area contributed by atoms with Crippen LogP contribution in [0.25, 0.3) is 10.2 Å². The number of hydrogen-bond acceptors (Lipinski definition) is 7. The van der Waals surface area contributed by atoms with Crippen LogP contribution in [0.15, 0.2) is 6.20 Å². The molecular weight excluding hydrogens is 292 g/mol. The molecule has 0 aromatic carbocycles. The number of anilines is 1. The van der Waals surface area contributed by atoms with E-state index < -0.39 is 5.97 Å². The summed E-state index contributed by atoms with van der Waals surface area (Å²) in [6.07, 6.45) is 1.33. The number of hydrogen-bond donors (Lipinski definition) is 2. The molecule has 3 heterocycles. The average Bonchev–Trinajstić information content (AvgIpc) is 2.96. The molecule has 21 heavy (non-hydrogen) atoms. The predicted octanol–water partition coefficient (Wildman–Crippen LogP) is 1.23. The van der Waals surface area contributed by atoms with Crippen LogP contribution in [-0.2, 0) is 6.54 Å². The molecule has 3 N–H and O–H groups in total. The van der Waals surface area contributed by atoms with Crippen molar-refractivity contribution in [2.24, 2.45) is 0 Å². The second-order valence-corrected chi connectivity index (χ2v) is 5.80. The van der Waals surface area contributed by atoms with Gasteiger partial charge >= 0.3 is 5.97 Å². The molecule has 8 nitrogen and oxygen atoms in total. The SMILES string of the molecule is Cc1sc2nc(Cn3cc(C(=O)O)nn3)nc(N)c2c1C. The van der Waals surface area contributed by atoms with Crippen molar-refractivity contribution >= 4 is 33.3 Å². The second-order valence-electron chi connectivity index (χ2n) is 4.59. The molecule has 0 saturated carbocycles. The maximum Gasteiger partial charge on any atom is 0.358 e. The summed E-state index contributed by atoms with van der Waals surface area (Å²) in [5, 5.41) is 17.0. The van der Waals surface area contributed by atoms with Crippen molar-refractivity contribution in [2.45, 2.75) is 20.4 Å². The summed E-state index contributed by atoms with van der Waals surface area (Å²) >= 11 is 1.56. The Morgan fingerprint density at radius 3 is 2.86 bits per heavy atom. The van der Waals surface area contributed by atoms with Gasteiger partial charge in [-0.3, -0.25) is 0 Å². The summed E-state index contributed by atoms with van der Waals surface area (Å²) in [5.41, 5.74) is 6.97. The number of carbonyl (C=O) groups is 1. The van der Waals surface area contributed by atoms with Gasteiger partial charge in [0.05, 0.1) is 11.6 Å². The molecule has 0 atom stereocenters. The molecule has 0 spiro atoms. The normalized spacial score (nSPS) is 11.1. The molecule has 3 rings (SSSR count). The Morgan fingerprint density at radius 2 is 2.19 bits per heavy atom. The largest absolute Gasteiger partial charge is 0.476 e. The molecule has 3 aromatic heterocycles. The third-order valence-electron chi connectivity index (χ3n) is 3.16. The summed E-state index contributed by atoms with van der Waals surface area (Å²) < 4.78 is 1.37. The molecule has 0 unspecified atom stereocenters. The zero-order valence-corrected chi connectivity index (χ0v) is 12.2. The lowest BCUT2D eigenvalue weighted by Gasteiger charge is -2.03. The van der Waals surface area contributed by atoms with Crippen LogP contribution in [0.3, 0.4) is 0 Å². The van der Waals surface area contributed by atoms with E-state index in [1.54, 1.807) is 11.3 Å². The van der Waals surface area contributed by atoms with Crippen LogP contribution in [0.1, 0.15) is 26.8 Å². The van der Waals surface area contributed by atoms with Gasteiger partial charge in [-0.15, -0.1) is 16.4 Å². The fourth-order valence-electron chi connectivity index (χ4n) is 2.02. The van der Waals surface area contributed by atoms with Gasteiger partial charge in [0.25, 0.3) is 0 Å². The van der Waals surface area contributed by atoms with Crippen molar-refractivity contribution in [3.05, 3.63) is 28.2 Å². The number of nitrogens with zero attached hydrogens (tertiary/aromatic N) is 5. The molecule has 3 aromatic rings. The molecule has 108 valence electrons. The maximum atomic E-state index is 10.8. The Labute approximate surface area is 123 Å². The van der Waals surface area contributed by atoms with Crippen molar-refractivity contribution in [3.63, 3.8) is 0 Å². The quantitative estimate of drug-likeness (QED) is 0.746. The van der Waals surface area contributed by atoms with Crippen molar-refractivity contribution < 1.29 is 9.90 Å². The smallest absolute Gasteiger partial charge is 0.358 e. The van der Waals surface area contributed by atoms with E-state index in [0.717, 1.165) is 20.7 Å². The van der Waals surface area contributed by atoms with E-state index in [0.29, 0.717) is 11.6 Å². The highest BCUT2D eigenvalue weighted by atomic mass is 32.1. The number of thiophene rings is 1. The Bertz CT molecular complexity index is 853. The number of aryl methyl sites for hydroxylation is 2. The van der Waals surface area contributed by atoms with Crippen LogP contribution in [0, 0.1) is 13.8 Å². The fourth-order valence-corrected chi connectivity index (χ4v) is 3.07. The molecule has 9 heteroatoms. The first-order valence-electron chi connectivity index (χ1n) is 6.11. The van der Waals surface area contributed by atoms with Crippen LogP contribution in [0.5, 0.6) is 0 Å². The van der Waals surface area contributed by atoms with Gasteiger partial charge in [-0.1, -0.05) is 5.21 Å². The van der Waals surface area contributed by atoms with E-state index in [-0.39, 0.29) is 12.2 Å². The minimum atomic E-state index is -1.12. The zero-order chi connectivity index (χ0) is 15.1. The van der Waals surface area contributed by atoms with Crippen LogP contribution in [0.2, 0.25) is 0 Å². The Kier molecular flexibility index (Phi) is 3.05. The number of fused-ring (bicyclic) bond motifs is 1. The third kappa shape index (κ3) is 2.31. The molecule has 0 aliphatic heterocycles. The standard InChI is InChI=1S/C12H12N6O2S/c1-5-6(2)21-11-9(5)10(13)14-8(15-11)4-18-3-7(12(19)20)16-17-18/h3H,4H2,1-2H3,(H,19,20)(H2,13,14,15). The average molecular weight is 304 g/mol. The van der Waals surface area contributed by atoms with Crippen LogP contribution in [-0.4, -0.2) is 36.0 Å². The van der Waals surface area contributed by atoms with Crippen LogP contribution in [0.4, 0.5) is 5.82 Å². The number of nitrogens with two attached hydrogens (primary N) is 1. The summed E-state index contributed by atoms with van der Waals surface area (Å²) in [5.74, 6) is -0.222. The lowest BCUT2D eigenvalue weighted by atomic mass is 10.2. The monoisotopic (exact) mass is 304 g/mol. The highest BCUT2D eigenvalue weighted by Gasteiger charge is 2.14. The van der Waals surface area contributed by atoms with E-state index in [4.69, 9.17) is 10.8 Å². The molecule has 0 saturated heterocycles. The van der Waals surface area contributed by atoms with Crippen molar-refractivity contribution in [1.82, 2.24) is 25.0 Å². The number of aromatic nitrogens is 5. The number of carboxylic acids is 1. The second kappa shape index (κ2) is 4.77. The van der Waals surface area contributed by atoms with E-state index in [1.807, 2.05) is 13.8 Å². The van der Waals surface area contributed by atoms with Crippen molar-refractivity contribution in [1.29, 1.82) is 0 Å². The first-order valence-corrected chi connectivity index (χ1v) is 6.93. The Balaban J connectivity index is 1.99. The number of carboxylic acid groups (broad SMARTS) is 1. The van der Waals surface area contributed by atoms with Gasteiger partial charge in [-0.05, 0) is 19.4 Å². The number of rotatable bonds is 3. The van der Waals surface area contributed by atoms with Crippen molar-refractivity contribution in [2.75, 3.05) is 5.73 Å². The molecule has 0 aliphatic carbocycles. The number of aromatic carboxylic acids is 1. The maximum absolute atomic E-state index is 10.8. The van der Waals surface area contributed by atoms with Gasteiger partial charge in [0.2, 0.25) is 0 Å². The van der Waals surface area contributed by atoms with Gasteiger partial charge < -0.3 is 10.8 Å². The first-order chi connectivity index (χ1) is 9.95. The predicted molar refractivity (Wildman–Crippen MR) is 77.4 cm³/mol. The van der Waals surface area contributed by atoms with Gasteiger partial charge in [0.15, 0.2) is 11.5 Å². The summed E-state index contributed by atoms with van der Waals surface area (Å²) in [4.78, 5) is 21.5. The van der Waals surface area contributed by atoms with Crippen LogP contribution >= 0.6 is 11.3 Å². The first kappa shape index (κ1) is 13.4. The zero-order valence-electron chi connectivity index (χ0n) is 11.4. The molecule has 0 aliphatic rings. The van der Waals surface area contributed by atoms with Crippen LogP contribution < -0.4 is 5.73 Å². The molecule has 0 bridgehead atoms. The lowest BCUT2D eigenvalue weighted by molar-refractivity contribution is 0.0690. The van der Waals surface area contributed by atoms with Gasteiger partial charge in [-0.25, -0.2) is 19.4 Å². The molecule has 0 radical (unpaired) electrons.